The van der Waals surface area contributed by atoms with Crippen LogP contribution in [-0.2, 0) is 6.54 Å². The van der Waals surface area contributed by atoms with Crippen molar-refractivity contribution in [1.29, 1.82) is 5.41 Å². The van der Waals surface area contributed by atoms with E-state index in [9.17, 15) is 4.79 Å². The summed E-state index contributed by atoms with van der Waals surface area (Å²) in [7, 11) is 1.65. The highest BCUT2D eigenvalue weighted by Crippen LogP contribution is 2.43. The number of nitrogens with zero attached hydrogens (tertiary/aromatic N) is 5. The molecule has 2 atom stereocenters. The maximum atomic E-state index is 13.7. The molecule has 2 saturated carbocycles. The van der Waals surface area contributed by atoms with Crippen molar-refractivity contribution in [3.8, 4) is 28.3 Å². The van der Waals surface area contributed by atoms with E-state index in [1.54, 1.807) is 7.11 Å². The minimum Gasteiger partial charge on any atom is -0.496 e. The van der Waals surface area contributed by atoms with E-state index < -0.39 is 0 Å². The van der Waals surface area contributed by atoms with Gasteiger partial charge in [-0.2, -0.15) is 0 Å². The SMILES string of the molecule is COc1cc(C(=O)N2CC3CCC2C3=N)cc2oc(-c3cc4ccc(-c5ccn6c(C)nnc6c5)cc4n3CC3CC3)c(C)c12. The van der Waals surface area contributed by atoms with Gasteiger partial charge < -0.3 is 24.0 Å². The third-order valence-corrected chi connectivity index (χ3v) is 10.3. The first kappa shape index (κ1) is 26.5. The Morgan fingerprint density at radius 3 is 2.62 bits per heavy atom. The van der Waals surface area contributed by atoms with E-state index in [0.717, 1.165) is 69.8 Å². The molecular weight excluding hydrogens is 564 g/mol. The molecule has 1 saturated heterocycles. The van der Waals surface area contributed by atoms with E-state index in [1.165, 1.54) is 18.4 Å². The van der Waals surface area contributed by atoms with E-state index in [-0.39, 0.29) is 17.9 Å². The minimum absolute atomic E-state index is 0.0578. The molecule has 9 rings (SSSR count). The number of aromatic nitrogens is 4. The van der Waals surface area contributed by atoms with E-state index in [0.29, 0.717) is 35.1 Å². The second-order valence-corrected chi connectivity index (χ2v) is 13.1. The fourth-order valence-corrected chi connectivity index (χ4v) is 7.65. The predicted molar refractivity (Wildman–Crippen MR) is 173 cm³/mol. The lowest BCUT2D eigenvalue weighted by atomic mass is 10.0. The van der Waals surface area contributed by atoms with Gasteiger partial charge in [0.15, 0.2) is 11.4 Å². The summed E-state index contributed by atoms with van der Waals surface area (Å²) in [5, 5.41) is 19.0. The highest BCUT2D eigenvalue weighted by molar-refractivity contribution is 6.06. The number of benzene rings is 2. The Morgan fingerprint density at radius 1 is 1.02 bits per heavy atom. The second kappa shape index (κ2) is 9.54. The number of ether oxygens (including phenoxy) is 1. The Labute approximate surface area is 259 Å². The molecule has 9 heteroatoms. The van der Waals surface area contributed by atoms with Crippen molar-refractivity contribution in [2.24, 2.45) is 11.8 Å². The number of hydrogen-bond acceptors (Lipinski definition) is 6. The highest BCUT2D eigenvalue weighted by atomic mass is 16.5. The number of amides is 1. The zero-order chi connectivity index (χ0) is 30.6. The van der Waals surface area contributed by atoms with Crippen LogP contribution in [0.15, 0.2) is 59.1 Å². The van der Waals surface area contributed by atoms with Crippen molar-refractivity contribution in [3.05, 3.63) is 71.7 Å². The van der Waals surface area contributed by atoms with Gasteiger partial charge in [-0.25, -0.2) is 0 Å². The summed E-state index contributed by atoms with van der Waals surface area (Å²) in [6.07, 6.45) is 6.37. The zero-order valence-corrected chi connectivity index (χ0v) is 25.6. The Kier molecular flexibility index (Phi) is 5.61. The van der Waals surface area contributed by atoms with Crippen molar-refractivity contribution in [2.75, 3.05) is 13.7 Å². The van der Waals surface area contributed by atoms with Crippen molar-refractivity contribution in [1.82, 2.24) is 24.1 Å². The normalized spacial score (nSPS) is 19.5. The van der Waals surface area contributed by atoms with Crippen LogP contribution in [0.25, 0.3) is 50.1 Å². The number of methoxy groups -OCH3 is 1. The number of fused-ring (bicyclic) bond motifs is 5. The van der Waals surface area contributed by atoms with Crippen molar-refractivity contribution < 1.29 is 13.9 Å². The molecule has 2 bridgehead atoms. The van der Waals surface area contributed by atoms with Gasteiger partial charge in [-0.1, -0.05) is 12.1 Å². The average Bonchev–Trinajstić information content (AvgIpc) is 3.26. The first-order valence-electron chi connectivity index (χ1n) is 15.8. The van der Waals surface area contributed by atoms with Crippen LogP contribution >= 0.6 is 0 Å². The summed E-state index contributed by atoms with van der Waals surface area (Å²) >= 11 is 0. The molecule has 3 aliphatic rings. The van der Waals surface area contributed by atoms with Gasteiger partial charge in [0.05, 0.1) is 24.2 Å². The number of pyridine rings is 1. The standard InChI is InChI=1S/C36H34N6O3/c1-19-33-30(44-3)14-26(36(43)42-18-25-8-9-27(42)34(25)37)15-31(33)45-35(19)29-13-24-7-6-22(12-28(24)41(29)17-21-4-5-21)23-10-11-40-20(2)38-39-32(40)16-23/h6-7,10-16,21,25,27,37H,4-5,8-9,17-18H2,1-3H3. The molecule has 2 aromatic carbocycles. The molecule has 4 aromatic heterocycles. The molecule has 2 unspecified atom stereocenters. The van der Waals surface area contributed by atoms with E-state index >= 15 is 0 Å². The summed E-state index contributed by atoms with van der Waals surface area (Å²) in [5.41, 5.74) is 8.15. The number of carbonyl (C=O) groups excluding carboxylic acids is 1. The van der Waals surface area contributed by atoms with Crippen LogP contribution in [0, 0.1) is 31.1 Å². The molecule has 1 amide bonds. The first-order valence-corrected chi connectivity index (χ1v) is 15.8. The van der Waals surface area contributed by atoms with Gasteiger partial charge in [0.2, 0.25) is 0 Å². The molecule has 226 valence electrons. The number of piperidine rings is 1. The lowest BCUT2D eigenvalue weighted by molar-refractivity contribution is 0.0711. The summed E-state index contributed by atoms with van der Waals surface area (Å²) in [6.45, 7) is 5.58. The van der Waals surface area contributed by atoms with Crippen LogP contribution in [-0.4, -0.2) is 55.4 Å². The van der Waals surface area contributed by atoms with Crippen LogP contribution in [0.3, 0.4) is 0 Å². The molecule has 0 radical (unpaired) electrons. The topological polar surface area (TPSA) is 102 Å². The molecule has 0 spiro atoms. The molecule has 9 nitrogen and oxygen atoms in total. The third kappa shape index (κ3) is 3.99. The molecule has 5 heterocycles. The van der Waals surface area contributed by atoms with Crippen molar-refractivity contribution in [2.45, 2.75) is 52.1 Å². The van der Waals surface area contributed by atoms with Gasteiger partial charge in [-0.05, 0) is 93.0 Å². The van der Waals surface area contributed by atoms with Gasteiger partial charge in [0, 0.05) is 52.9 Å². The number of aryl methyl sites for hydroxylation is 2. The molecule has 3 fully saturated rings. The van der Waals surface area contributed by atoms with Crippen LogP contribution in [0.1, 0.15) is 47.4 Å². The van der Waals surface area contributed by atoms with Gasteiger partial charge in [0.25, 0.3) is 5.91 Å². The van der Waals surface area contributed by atoms with Crippen molar-refractivity contribution in [3.63, 3.8) is 0 Å². The third-order valence-electron chi connectivity index (χ3n) is 10.3. The van der Waals surface area contributed by atoms with Crippen molar-refractivity contribution >= 4 is 39.1 Å². The monoisotopic (exact) mass is 598 g/mol. The highest BCUT2D eigenvalue weighted by Gasteiger charge is 2.45. The van der Waals surface area contributed by atoms with Crippen LogP contribution in [0.4, 0.5) is 0 Å². The predicted octanol–water partition coefficient (Wildman–Crippen LogP) is 7.05. The lowest BCUT2D eigenvalue weighted by Crippen LogP contribution is -2.38. The number of nitrogens with one attached hydrogen (secondary N) is 1. The molecule has 1 N–H and O–H groups in total. The van der Waals surface area contributed by atoms with E-state index in [2.05, 4.69) is 58.1 Å². The number of likely N-dealkylation sites (tertiary alicyclic amines) is 1. The number of furan rings is 1. The maximum Gasteiger partial charge on any atom is 0.254 e. The van der Waals surface area contributed by atoms with Gasteiger partial charge in [0.1, 0.15) is 17.2 Å². The summed E-state index contributed by atoms with van der Waals surface area (Å²) in [6, 6.07) is 16.7. The molecule has 6 aromatic rings. The number of rotatable bonds is 6. The van der Waals surface area contributed by atoms with E-state index in [1.807, 2.05) is 34.6 Å². The first-order chi connectivity index (χ1) is 21.9. The Balaban J connectivity index is 1.16. The lowest BCUT2D eigenvalue weighted by Gasteiger charge is -2.26. The van der Waals surface area contributed by atoms with Gasteiger partial charge in [-0.15, -0.1) is 10.2 Å². The van der Waals surface area contributed by atoms with Crippen LogP contribution < -0.4 is 4.74 Å². The van der Waals surface area contributed by atoms with Crippen LogP contribution in [0.5, 0.6) is 5.75 Å². The summed E-state index contributed by atoms with van der Waals surface area (Å²) in [4.78, 5) is 15.6. The zero-order valence-electron chi connectivity index (χ0n) is 25.6. The number of carbonyl (C=O) groups is 1. The summed E-state index contributed by atoms with van der Waals surface area (Å²) in [5.74, 6) is 3.09. The van der Waals surface area contributed by atoms with Gasteiger partial charge in [-0.3, -0.25) is 9.20 Å². The Hall–Kier alpha value is -4.92. The molecule has 45 heavy (non-hydrogen) atoms. The second-order valence-electron chi connectivity index (χ2n) is 13.1. The molecular formula is C36H34N6O3. The quantitative estimate of drug-likeness (QED) is 0.221. The smallest absolute Gasteiger partial charge is 0.254 e. The fraction of sp³-hybridized carbons (Fsp3) is 0.333. The average molecular weight is 599 g/mol. The fourth-order valence-electron chi connectivity index (χ4n) is 7.65. The number of hydrogen-bond donors (Lipinski definition) is 1. The summed E-state index contributed by atoms with van der Waals surface area (Å²) < 4.78 is 16.9. The largest absolute Gasteiger partial charge is 0.496 e. The van der Waals surface area contributed by atoms with Crippen LogP contribution in [0.2, 0.25) is 0 Å². The molecule has 1 aliphatic heterocycles. The Bertz CT molecular complexity index is 2220. The maximum absolute atomic E-state index is 13.7. The Morgan fingerprint density at radius 2 is 1.87 bits per heavy atom. The minimum atomic E-state index is -0.0801. The molecule has 2 aliphatic carbocycles. The van der Waals surface area contributed by atoms with Gasteiger partial charge >= 0.3 is 0 Å². The van der Waals surface area contributed by atoms with E-state index in [4.69, 9.17) is 14.6 Å².